The van der Waals surface area contributed by atoms with E-state index in [4.69, 9.17) is 5.11 Å². The van der Waals surface area contributed by atoms with Crippen molar-refractivity contribution in [2.24, 2.45) is 0 Å². The Morgan fingerprint density at radius 2 is 2.05 bits per heavy atom. The van der Waals surface area contributed by atoms with Crippen molar-refractivity contribution in [1.29, 1.82) is 0 Å². The molecule has 0 saturated heterocycles. The summed E-state index contributed by atoms with van der Waals surface area (Å²) in [5, 5.41) is 11.7. The molecule has 2 amide bonds. The number of aliphatic carboxylic acids is 1. The van der Waals surface area contributed by atoms with Gasteiger partial charge in [0.1, 0.15) is 0 Å². The van der Waals surface area contributed by atoms with E-state index in [2.05, 4.69) is 17.4 Å². The number of hydrogen-bond acceptors (Lipinski definition) is 2. The molecule has 0 aliphatic heterocycles. The summed E-state index contributed by atoms with van der Waals surface area (Å²) in [6.45, 7) is 0.930. The third kappa shape index (κ3) is 3.17. The smallest absolute Gasteiger partial charge is 0.317 e. The Balaban J connectivity index is 1.50. The van der Waals surface area contributed by atoms with E-state index in [-0.39, 0.29) is 18.5 Å². The minimum absolute atomic E-state index is 0.0101. The van der Waals surface area contributed by atoms with Crippen molar-refractivity contribution in [3.63, 3.8) is 0 Å². The first kappa shape index (κ1) is 13.9. The Hall–Kier alpha value is -2.04. The van der Waals surface area contributed by atoms with Gasteiger partial charge in [0.15, 0.2) is 0 Å². The number of carbonyl (C=O) groups is 2. The van der Waals surface area contributed by atoms with Gasteiger partial charge in [-0.05, 0) is 30.4 Å². The van der Waals surface area contributed by atoms with Crippen LogP contribution >= 0.6 is 0 Å². The third-order valence-corrected chi connectivity index (χ3v) is 4.28. The molecule has 1 unspecified atom stereocenters. The lowest BCUT2D eigenvalue weighted by Crippen LogP contribution is -2.44. The first-order valence-electron chi connectivity index (χ1n) is 7.49. The van der Waals surface area contributed by atoms with E-state index in [9.17, 15) is 9.59 Å². The van der Waals surface area contributed by atoms with Crippen molar-refractivity contribution in [1.82, 2.24) is 10.2 Å². The van der Waals surface area contributed by atoms with Crippen molar-refractivity contribution >= 4 is 12.0 Å². The van der Waals surface area contributed by atoms with Crippen molar-refractivity contribution in [2.75, 3.05) is 13.1 Å². The fourth-order valence-electron chi connectivity index (χ4n) is 2.91. The van der Waals surface area contributed by atoms with Crippen LogP contribution in [0.3, 0.4) is 0 Å². The maximum Gasteiger partial charge on any atom is 0.317 e. The number of nitrogens with one attached hydrogen (secondary N) is 1. The van der Waals surface area contributed by atoms with Crippen LogP contribution in [0.15, 0.2) is 24.3 Å². The lowest BCUT2D eigenvalue weighted by molar-refractivity contribution is -0.137. The van der Waals surface area contributed by atoms with Crippen LogP contribution in [0.25, 0.3) is 0 Å². The summed E-state index contributed by atoms with van der Waals surface area (Å²) in [6, 6.07) is 8.40. The Bertz CT molecular complexity index is 554. The number of nitrogens with zero attached hydrogens (tertiary/aromatic N) is 1. The molecule has 2 N–H and O–H groups in total. The number of benzene rings is 1. The van der Waals surface area contributed by atoms with Crippen molar-refractivity contribution in [2.45, 2.75) is 37.6 Å². The highest BCUT2D eigenvalue weighted by molar-refractivity contribution is 5.76. The molecule has 1 saturated carbocycles. The molecule has 21 heavy (non-hydrogen) atoms. The Kier molecular flexibility index (Phi) is 3.82. The van der Waals surface area contributed by atoms with Crippen LogP contribution in [0, 0.1) is 0 Å². The lowest BCUT2D eigenvalue weighted by atomic mass is 9.78. The highest BCUT2D eigenvalue weighted by Gasteiger charge is 2.33. The van der Waals surface area contributed by atoms with E-state index in [1.807, 2.05) is 12.1 Å². The number of carboxylic acids is 1. The fourth-order valence-corrected chi connectivity index (χ4v) is 2.91. The van der Waals surface area contributed by atoms with E-state index >= 15 is 0 Å². The van der Waals surface area contributed by atoms with Crippen molar-refractivity contribution in [3.05, 3.63) is 35.4 Å². The van der Waals surface area contributed by atoms with Crippen LogP contribution in [0.1, 0.15) is 36.3 Å². The van der Waals surface area contributed by atoms with Gasteiger partial charge in [-0.1, -0.05) is 24.3 Å². The van der Waals surface area contributed by atoms with Gasteiger partial charge in [-0.25, -0.2) is 4.79 Å². The number of carbonyl (C=O) groups excluding carboxylic acids is 1. The molecule has 0 radical (unpaired) electrons. The summed E-state index contributed by atoms with van der Waals surface area (Å²) in [7, 11) is 0. The highest BCUT2D eigenvalue weighted by atomic mass is 16.4. The number of hydrogen-bond donors (Lipinski definition) is 2. The molecule has 1 fully saturated rings. The number of carboxylic acid groups (broad SMARTS) is 1. The standard InChI is InChI=1S/C16H20N2O3/c19-15(20)7-8-18(13-5-6-13)16(21)17-10-12-9-11-3-1-2-4-14(11)12/h1-4,12-13H,5-10H2,(H,17,21)(H,19,20). The number of fused-ring (bicyclic) bond motifs is 1. The maximum atomic E-state index is 12.2. The summed E-state index contributed by atoms with van der Waals surface area (Å²) in [4.78, 5) is 24.6. The van der Waals surface area contributed by atoms with Crippen LogP contribution in [0.2, 0.25) is 0 Å². The monoisotopic (exact) mass is 288 g/mol. The molecule has 1 atom stereocenters. The largest absolute Gasteiger partial charge is 0.481 e. The lowest BCUT2D eigenvalue weighted by Gasteiger charge is -2.31. The highest BCUT2D eigenvalue weighted by Crippen LogP contribution is 2.34. The quantitative estimate of drug-likeness (QED) is 0.841. The van der Waals surface area contributed by atoms with E-state index in [0.717, 1.165) is 19.3 Å². The zero-order valence-corrected chi connectivity index (χ0v) is 11.9. The fraction of sp³-hybridized carbons (Fsp3) is 0.500. The maximum absolute atomic E-state index is 12.2. The van der Waals surface area contributed by atoms with Crippen molar-refractivity contribution < 1.29 is 14.7 Å². The summed E-state index contributed by atoms with van der Waals surface area (Å²) in [5.74, 6) is -0.466. The predicted molar refractivity (Wildman–Crippen MR) is 78.3 cm³/mol. The second-order valence-electron chi connectivity index (χ2n) is 5.85. The SMILES string of the molecule is O=C(O)CCN(C(=O)NCC1Cc2ccccc21)C1CC1. The normalized spacial score (nSPS) is 19.3. The summed E-state index contributed by atoms with van der Waals surface area (Å²) in [6.07, 6.45) is 2.99. The molecule has 0 heterocycles. The molecule has 5 heteroatoms. The average molecular weight is 288 g/mol. The van der Waals surface area contributed by atoms with Gasteiger partial charge < -0.3 is 15.3 Å². The van der Waals surface area contributed by atoms with E-state index in [1.165, 1.54) is 11.1 Å². The molecule has 0 aromatic heterocycles. The Labute approximate surface area is 123 Å². The van der Waals surface area contributed by atoms with Crippen LogP contribution < -0.4 is 5.32 Å². The molecule has 0 spiro atoms. The van der Waals surface area contributed by atoms with Gasteiger partial charge >= 0.3 is 12.0 Å². The molecule has 112 valence electrons. The van der Waals surface area contributed by atoms with Gasteiger partial charge in [-0.2, -0.15) is 0 Å². The van der Waals surface area contributed by atoms with Gasteiger partial charge in [0.25, 0.3) is 0 Å². The van der Waals surface area contributed by atoms with E-state index < -0.39 is 5.97 Å². The zero-order chi connectivity index (χ0) is 14.8. The van der Waals surface area contributed by atoms with Gasteiger partial charge in [-0.3, -0.25) is 4.79 Å². The first-order valence-corrected chi connectivity index (χ1v) is 7.49. The average Bonchev–Trinajstić information content (AvgIpc) is 3.24. The Morgan fingerprint density at radius 1 is 1.29 bits per heavy atom. The minimum atomic E-state index is -0.860. The van der Waals surface area contributed by atoms with Gasteiger partial charge in [0.05, 0.1) is 6.42 Å². The number of rotatable bonds is 6. The van der Waals surface area contributed by atoms with Crippen LogP contribution in [0.4, 0.5) is 4.79 Å². The van der Waals surface area contributed by atoms with Crippen LogP contribution in [-0.4, -0.2) is 41.1 Å². The summed E-state index contributed by atoms with van der Waals surface area (Å²) < 4.78 is 0. The molecule has 2 aliphatic carbocycles. The molecule has 0 bridgehead atoms. The van der Waals surface area contributed by atoms with Crippen molar-refractivity contribution in [3.8, 4) is 0 Å². The second kappa shape index (κ2) is 5.76. The second-order valence-corrected chi connectivity index (χ2v) is 5.85. The van der Waals surface area contributed by atoms with Gasteiger partial charge in [-0.15, -0.1) is 0 Å². The Morgan fingerprint density at radius 3 is 2.71 bits per heavy atom. The van der Waals surface area contributed by atoms with E-state index in [1.54, 1.807) is 4.90 Å². The molecule has 1 aromatic rings. The number of amides is 2. The summed E-state index contributed by atoms with van der Waals surface area (Å²) >= 11 is 0. The summed E-state index contributed by atoms with van der Waals surface area (Å²) in [5.41, 5.74) is 2.68. The van der Waals surface area contributed by atoms with Crippen LogP contribution in [-0.2, 0) is 11.2 Å². The molecular weight excluding hydrogens is 268 g/mol. The topological polar surface area (TPSA) is 69.6 Å². The first-order chi connectivity index (χ1) is 10.1. The predicted octanol–water partition coefficient (Wildman–Crippen LogP) is 1.97. The molecule has 1 aromatic carbocycles. The zero-order valence-electron chi connectivity index (χ0n) is 11.9. The van der Waals surface area contributed by atoms with E-state index in [0.29, 0.717) is 19.0 Å². The molecular formula is C16H20N2O3. The third-order valence-electron chi connectivity index (χ3n) is 4.28. The minimum Gasteiger partial charge on any atom is -0.481 e. The van der Waals surface area contributed by atoms with Gasteiger partial charge in [0, 0.05) is 25.0 Å². The van der Waals surface area contributed by atoms with Gasteiger partial charge in [0.2, 0.25) is 0 Å². The molecule has 2 aliphatic rings. The number of urea groups is 1. The molecule has 5 nitrogen and oxygen atoms in total. The molecule has 3 rings (SSSR count). The van der Waals surface area contributed by atoms with Crippen LogP contribution in [0.5, 0.6) is 0 Å².